The number of nitrogens with one attached hydrogen (secondary N) is 1. The van der Waals surface area contributed by atoms with Crippen molar-refractivity contribution in [1.29, 1.82) is 0 Å². The Labute approximate surface area is 136 Å². The number of thioether (sulfide) groups is 1. The Bertz CT molecular complexity index is 871. The van der Waals surface area contributed by atoms with E-state index in [1.807, 2.05) is 38.1 Å². The van der Waals surface area contributed by atoms with Crippen LogP contribution >= 0.6 is 11.8 Å². The van der Waals surface area contributed by atoms with Crippen molar-refractivity contribution in [2.75, 3.05) is 11.5 Å². The number of nitrogens with zero attached hydrogens (tertiary/aromatic N) is 3. The van der Waals surface area contributed by atoms with Gasteiger partial charge in [0.1, 0.15) is 0 Å². The van der Waals surface area contributed by atoms with Crippen molar-refractivity contribution in [3.05, 3.63) is 35.5 Å². The number of aromatic amines is 1. The molecular formula is C15H16N6OS. The smallest absolute Gasteiger partial charge is 0.225 e. The second kappa shape index (κ2) is 5.88. The quantitative estimate of drug-likeness (QED) is 0.495. The van der Waals surface area contributed by atoms with Crippen LogP contribution < -0.4 is 11.5 Å². The Kier molecular flexibility index (Phi) is 3.91. The van der Waals surface area contributed by atoms with Crippen molar-refractivity contribution in [3.8, 4) is 0 Å². The van der Waals surface area contributed by atoms with E-state index >= 15 is 0 Å². The number of ketones is 1. The maximum Gasteiger partial charge on any atom is 0.225 e. The van der Waals surface area contributed by atoms with Crippen LogP contribution in [0.2, 0.25) is 0 Å². The number of H-pyrrole nitrogens is 1. The molecule has 0 unspecified atom stereocenters. The highest BCUT2D eigenvalue weighted by atomic mass is 32.2. The Morgan fingerprint density at radius 1 is 1.17 bits per heavy atom. The van der Waals surface area contributed by atoms with E-state index in [-0.39, 0.29) is 22.9 Å². The van der Waals surface area contributed by atoms with Gasteiger partial charge in [-0.1, -0.05) is 30.0 Å². The van der Waals surface area contributed by atoms with Crippen LogP contribution in [0.3, 0.4) is 0 Å². The predicted molar refractivity (Wildman–Crippen MR) is 91.3 cm³/mol. The maximum absolute atomic E-state index is 12.8. The van der Waals surface area contributed by atoms with E-state index < -0.39 is 0 Å². The fraction of sp³-hybridized carbons (Fsp3) is 0.200. The van der Waals surface area contributed by atoms with Crippen LogP contribution in [-0.2, 0) is 0 Å². The molecule has 0 aliphatic carbocycles. The lowest BCUT2D eigenvalue weighted by Gasteiger charge is -2.10. The number of rotatable bonds is 4. The Morgan fingerprint density at radius 2 is 1.83 bits per heavy atom. The molecule has 0 bridgehead atoms. The van der Waals surface area contributed by atoms with Crippen LogP contribution in [0.15, 0.2) is 29.4 Å². The zero-order valence-electron chi connectivity index (χ0n) is 12.7. The molecule has 118 valence electrons. The third-order valence-corrected chi connectivity index (χ3v) is 4.40. The summed E-state index contributed by atoms with van der Waals surface area (Å²) >= 11 is 1.21. The fourth-order valence-corrected chi connectivity index (χ4v) is 3.28. The molecule has 0 aliphatic rings. The first kappa shape index (κ1) is 15.3. The molecule has 0 amide bonds. The Balaban J connectivity index is 1.91. The number of aryl methyl sites for hydroxylation is 1. The number of hydrogen-bond acceptors (Lipinski definition) is 7. The summed E-state index contributed by atoms with van der Waals surface area (Å²) in [4.78, 5) is 27.8. The van der Waals surface area contributed by atoms with Gasteiger partial charge in [-0.25, -0.2) is 0 Å². The van der Waals surface area contributed by atoms with Gasteiger partial charge in [0.2, 0.25) is 11.9 Å². The number of anilines is 2. The lowest BCUT2D eigenvalue weighted by Crippen LogP contribution is -2.15. The molecule has 0 saturated heterocycles. The molecule has 2 aromatic heterocycles. The molecule has 0 saturated carbocycles. The maximum atomic E-state index is 12.8. The highest BCUT2D eigenvalue weighted by Crippen LogP contribution is 2.28. The van der Waals surface area contributed by atoms with E-state index in [2.05, 4.69) is 19.9 Å². The van der Waals surface area contributed by atoms with Gasteiger partial charge < -0.3 is 16.5 Å². The number of carbonyl (C=O) groups excluding carboxylic acids is 1. The van der Waals surface area contributed by atoms with Crippen LogP contribution in [0.5, 0.6) is 0 Å². The standard InChI is InChI=1S/C15H16N6OS/c1-7-11(9-5-3-4-6-10(9)18-7)12(22)8(2)23-15-20-13(16)19-14(17)21-15/h3-6,8,18H,1-2H3,(H4,16,17,19,20,21)/t8-/m0/s1. The minimum atomic E-state index is -0.380. The monoisotopic (exact) mass is 328 g/mol. The first-order chi connectivity index (χ1) is 11.0. The van der Waals surface area contributed by atoms with Crippen LogP contribution in [0.1, 0.15) is 23.0 Å². The van der Waals surface area contributed by atoms with Crippen LogP contribution in [0.25, 0.3) is 10.9 Å². The summed E-state index contributed by atoms with van der Waals surface area (Å²) in [7, 11) is 0. The van der Waals surface area contributed by atoms with E-state index in [1.165, 1.54) is 11.8 Å². The van der Waals surface area contributed by atoms with E-state index in [0.717, 1.165) is 16.6 Å². The number of Topliss-reactive ketones (excluding diaryl/α,β-unsaturated/α-hetero) is 1. The number of fused-ring (bicyclic) bond motifs is 1. The van der Waals surface area contributed by atoms with E-state index in [1.54, 1.807) is 0 Å². The van der Waals surface area contributed by atoms with Crippen LogP contribution in [0.4, 0.5) is 11.9 Å². The molecule has 5 N–H and O–H groups in total. The molecule has 1 aromatic carbocycles. The van der Waals surface area contributed by atoms with Crippen molar-refractivity contribution < 1.29 is 4.79 Å². The van der Waals surface area contributed by atoms with Crippen molar-refractivity contribution in [2.24, 2.45) is 0 Å². The number of nitrogen functional groups attached to an aromatic ring is 2. The number of aromatic nitrogens is 4. The van der Waals surface area contributed by atoms with Gasteiger partial charge in [-0.2, -0.15) is 15.0 Å². The molecule has 0 radical (unpaired) electrons. The molecule has 0 spiro atoms. The lowest BCUT2D eigenvalue weighted by atomic mass is 10.1. The van der Waals surface area contributed by atoms with Crippen molar-refractivity contribution >= 4 is 40.3 Å². The highest BCUT2D eigenvalue weighted by Gasteiger charge is 2.23. The molecule has 1 atom stereocenters. The Hall–Kier alpha value is -2.61. The average Bonchev–Trinajstić information content (AvgIpc) is 2.81. The summed E-state index contributed by atoms with van der Waals surface area (Å²) in [5, 5.41) is 0.875. The molecule has 0 aliphatic heterocycles. The number of hydrogen-bond donors (Lipinski definition) is 3. The summed E-state index contributed by atoms with van der Waals surface area (Å²) in [6.45, 7) is 3.70. The zero-order chi connectivity index (χ0) is 16.6. The van der Waals surface area contributed by atoms with Crippen LogP contribution in [-0.4, -0.2) is 31.0 Å². The fourth-order valence-electron chi connectivity index (χ4n) is 2.45. The zero-order valence-corrected chi connectivity index (χ0v) is 13.5. The van der Waals surface area contributed by atoms with Gasteiger partial charge >= 0.3 is 0 Å². The first-order valence-corrected chi connectivity index (χ1v) is 7.89. The third-order valence-electron chi connectivity index (χ3n) is 3.44. The molecule has 8 heteroatoms. The molecule has 2 heterocycles. The van der Waals surface area contributed by atoms with Gasteiger partial charge in [0.05, 0.1) is 5.25 Å². The number of benzene rings is 1. The average molecular weight is 328 g/mol. The van der Waals surface area contributed by atoms with Crippen LogP contribution in [0, 0.1) is 6.92 Å². The van der Waals surface area contributed by atoms with Gasteiger partial charge in [0.25, 0.3) is 0 Å². The van der Waals surface area contributed by atoms with Gasteiger partial charge in [0, 0.05) is 22.2 Å². The van der Waals surface area contributed by atoms with E-state index in [9.17, 15) is 4.79 Å². The largest absolute Gasteiger partial charge is 0.368 e. The minimum absolute atomic E-state index is 0.00232. The van der Waals surface area contributed by atoms with Gasteiger partial charge in [-0.3, -0.25) is 4.79 Å². The molecule has 0 fully saturated rings. The van der Waals surface area contributed by atoms with E-state index in [4.69, 9.17) is 11.5 Å². The summed E-state index contributed by atoms with van der Waals surface area (Å²) in [5.74, 6) is 0.0911. The van der Waals surface area contributed by atoms with Gasteiger partial charge in [-0.15, -0.1) is 0 Å². The number of carbonyl (C=O) groups is 1. The summed E-state index contributed by atoms with van der Waals surface area (Å²) in [5.41, 5.74) is 13.6. The summed E-state index contributed by atoms with van der Waals surface area (Å²) < 4.78 is 0. The minimum Gasteiger partial charge on any atom is -0.368 e. The summed E-state index contributed by atoms with van der Waals surface area (Å²) in [6.07, 6.45) is 0. The second-order valence-corrected chi connectivity index (χ2v) is 6.44. The third kappa shape index (κ3) is 2.98. The first-order valence-electron chi connectivity index (χ1n) is 7.01. The van der Waals surface area contributed by atoms with Crippen molar-refractivity contribution in [3.63, 3.8) is 0 Å². The molecule has 3 aromatic rings. The Morgan fingerprint density at radius 3 is 2.52 bits per heavy atom. The molecule has 23 heavy (non-hydrogen) atoms. The van der Waals surface area contributed by atoms with Gasteiger partial charge in [-0.05, 0) is 19.9 Å². The lowest BCUT2D eigenvalue weighted by molar-refractivity contribution is 0.0995. The van der Waals surface area contributed by atoms with Crippen molar-refractivity contribution in [1.82, 2.24) is 19.9 Å². The molecule has 3 rings (SSSR count). The number of para-hydroxylation sites is 1. The topological polar surface area (TPSA) is 124 Å². The van der Waals surface area contributed by atoms with Gasteiger partial charge in [0.15, 0.2) is 10.9 Å². The highest BCUT2D eigenvalue weighted by molar-refractivity contribution is 8.00. The summed E-state index contributed by atoms with van der Waals surface area (Å²) in [6, 6.07) is 7.73. The molecule has 7 nitrogen and oxygen atoms in total. The predicted octanol–water partition coefficient (Wildman–Crippen LogP) is 2.19. The number of nitrogens with two attached hydrogens (primary N) is 2. The van der Waals surface area contributed by atoms with E-state index in [0.29, 0.717) is 10.7 Å². The molecular weight excluding hydrogens is 312 g/mol. The second-order valence-electron chi connectivity index (χ2n) is 5.13. The SMILES string of the molecule is Cc1[nH]c2ccccc2c1C(=O)[C@H](C)Sc1nc(N)nc(N)n1. The normalized spacial score (nSPS) is 12.4. The van der Waals surface area contributed by atoms with Crippen molar-refractivity contribution in [2.45, 2.75) is 24.3 Å².